The third-order valence-electron chi connectivity index (χ3n) is 3.19. The molecule has 1 heterocycles. The lowest BCUT2D eigenvalue weighted by molar-refractivity contribution is 0.102. The Morgan fingerprint density at radius 2 is 1.70 bits per heavy atom. The number of carbonyl (C=O) groups is 1. The minimum absolute atomic E-state index is 0.239. The number of carbonyl (C=O) groups excluding carboxylic acids is 1. The van der Waals surface area contributed by atoms with Gasteiger partial charge in [0.05, 0.1) is 10.6 Å². The molecule has 3 rings (SSSR count). The van der Waals surface area contributed by atoms with E-state index in [4.69, 9.17) is 34.8 Å². The Balaban J connectivity index is 1.79. The van der Waals surface area contributed by atoms with Gasteiger partial charge < -0.3 is 5.32 Å². The number of imidazole rings is 1. The fourth-order valence-corrected chi connectivity index (χ4v) is 2.59. The van der Waals surface area contributed by atoms with Crippen molar-refractivity contribution >= 4 is 46.4 Å². The van der Waals surface area contributed by atoms with Crippen LogP contribution in [0.1, 0.15) is 10.4 Å². The maximum absolute atomic E-state index is 12.2. The van der Waals surface area contributed by atoms with Gasteiger partial charge in [-0.25, -0.2) is 4.98 Å². The summed E-state index contributed by atoms with van der Waals surface area (Å²) in [5.41, 5.74) is 1.84. The summed E-state index contributed by atoms with van der Waals surface area (Å²) in [5, 5.41) is 3.77. The van der Waals surface area contributed by atoms with Crippen molar-refractivity contribution in [1.29, 1.82) is 0 Å². The average Bonchev–Trinajstić information content (AvgIpc) is 2.88. The first kappa shape index (κ1) is 15.9. The quantitative estimate of drug-likeness (QED) is 0.702. The van der Waals surface area contributed by atoms with E-state index in [-0.39, 0.29) is 11.1 Å². The van der Waals surface area contributed by atoms with Crippen LogP contribution < -0.4 is 5.32 Å². The van der Waals surface area contributed by atoms with E-state index < -0.39 is 0 Å². The highest BCUT2D eigenvalue weighted by molar-refractivity contribution is 6.40. The van der Waals surface area contributed by atoms with E-state index in [1.165, 1.54) is 6.33 Å². The maximum Gasteiger partial charge on any atom is 0.257 e. The topological polar surface area (TPSA) is 46.9 Å². The van der Waals surface area contributed by atoms with Crippen molar-refractivity contribution in [1.82, 2.24) is 9.55 Å². The van der Waals surface area contributed by atoms with E-state index in [0.717, 1.165) is 5.69 Å². The number of amides is 1. The molecule has 0 fully saturated rings. The van der Waals surface area contributed by atoms with Gasteiger partial charge in [-0.15, -0.1) is 0 Å². The first-order valence-electron chi connectivity index (χ1n) is 6.61. The van der Waals surface area contributed by atoms with Crippen molar-refractivity contribution in [2.45, 2.75) is 0 Å². The van der Waals surface area contributed by atoms with Crippen molar-refractivity contribution in [3.05, 3.63) is 75.8 Å². The molecule has 0 atom stereocenters. The lowest BCUT2D eigenvalue weighted by atomic mass is 10.2. The smallest absolute Gasteiger partial charge is 0.257 e. The molecule has 1 amide bonds. The lowest BCUT2D eigenvalue weighted by Gasteiger charge is -2.08. The van der Waals surface area contributed by atoms with Crippen molar-refractivity contribution in [2.24, 2.45) is 0 Å². The van der Waals surface area contributed by atoms with E-state index in [1.807, 2.05) is 0 Å². The van der Waals surface area contributed by atoms with Crippen molar-refractivity contribution in [3.63, 3.8) is 0 Å². The van der Waals surface area contributed by atoms with Gasteiger partial charge in [-0.1, -0.05) is 46.9 Å². The fraction of sp³-hybridized carbons (Fsp3) is 0. The molecule has 1 N–H and O–H groups in total. The van der Waals surface area contributed by atoms with Gasteiger partial charge >= 0.3 is 0 Å². The minimum Gasteiger partial charge on any atom is -0.322 e. The molecule has 4 nitrogen and oxygen atoms in total. The van der Waals surface area contributed by atoms with Gasteiger partial charge in [0.25, 0.3) is 5.91 Å². The van der Waals surface area contributed by atoms with Crippen LogP contribution in [0.15, 0.2) is 54.9 Å². The van der Waals surface area contributed by atoms with Crippen molar-refractivity contribution in [3.8, 4) is 5.69 Å². The predicted octanol–water partition coefficient (Wildman–Crippen LogP) is 5.08. The zero-order valence-corrected chi connectivity index (χ0v) is 13.9. The molecule has 1 aromatic heterocycles. The molecule has 3 aromatic rings. The fourth-order valence-electron chi connectivity index (χ4n) is 2.04. The summed E-state index contributed by atoms with van der Waals surface area (Å²) in [6, 6.07) is 14.0. The highest BCUT2D eigenvalue weighted by atomic mass is 35.5. The van der Waals surface area contributed by atoms with Crippen LogP contribution in [0.4, 0.5) is 5.69 Å². The summed E-state index contributed by atoms with van der Waals surface area (Å²) in [5.74, 6) is -0.271. The predicted molar refractivity (Wildman–Crippen MR) is 93.0 cm³/mol. The van der Waals surface area contributed by atoms with Gasteiger partial charge in [0.2, 0.25) is 0 Å². The number of aromatic nitrogens is 2. The van der Waals surface area contributed by atoms with E-state index >= 15 is 0 Å². The number of halogens is 3. The normalized spacial score (nSPS) is 10.6. The molecule has 0 unspecified atom stereocenters. The van der Waals surface area contributed by atoms with Gasteiger partial charge in [0, 0.05) is 11.4 Å². The minimum atomic E-state index is -0.271. The van der Waals surface area contributed by atoms with Crippen LogP contribution in [0, 0.1) is 0 Å². The van der Waals surface area contributed by atoms with E-state index in [2.05, 4.69) is 10.3 Å². The maximum atomic E-state index is 12.2. The Morgan fingerprint density at radius 3 is 2.30 bits per heavy atom. The van der Waals surface area contributed by atoms with Crippen LogP contribution in [0.2, 0.25) is 15.3 Å². The Kier molecular flexibility index (Phi) is 4.57. The SMILES string of the molecule is O=C(Nc1ccc(-n2cnc(Cl)c2Cl)cc1)c1ccccc1Cl. The number of nitrogens with zero attached hydrogens (tertiary/aromatic N) is 2. The van der Waals surface area contributed by atoms with Gasteiger partial charge in [-0.3, -0.25) is 9.36 Å². The van der Waals surface area contributed by atoms with E-state index in [1.54, 1.807) is 53.1 Å². The molecular formula is C16H10Cl3N3O. The second-order valence-corrected chi connectivity index (χ2v) is 5.80. The summed E-state index contributed by atoms with van der Waals surface area (Å²) in [6.45, 7) is 0. The number of rotatable bonds is 3. The van der Waals surface area contributed by atoms with Gasteiger partial charge in [0.15, 0.2) is 10.3 Å². The zero-order valence-electron chi connectivity index (χ0n) is 11.6. The highest BCUT2D eigenvalue weighted by Gasteiger charge is 2.11. The number of hydrogen-bond acceptors (Lipinski definition) is 2. The molecule has 0 aliphatic rings. The highest BCUT2D eigenvalue weighted by Crippen LogP contribution is 2.24. The number of nitrogens with one attached hydrogen (secondary N) is 1. The van der Waals surface area contributed by atoms with Crippen LogP contribution in [0.5, 0.6) is 0 Å². The molecule has 7 heteroatoms. The second-order valence-electron chi connectivity index (χ2n) is 4.68. The van der Waals surface area contributed by atoms with Gasteiger partial charge in [-0.2, -0.15) is 0 Å². The molecule has 0 radical (unpaired) electrons. The number of anilines is 1. The molecule has 0 aliphatic carbocycles. The third kappa shape index (κ3) is 3.34. The Bertz CT molecular complexity index is 859. The first-order chi connectivity index (χ1) is 11.1. The van der Waals surface area contributed by atoms with Crippen LogP contribution in [-0.4, -0.2) is 15.5 Å². The first-order valence-corrected chi connectivity index (χ1v) is 7.74. The van der Waals surface area contributed by atoms with Crippen LogP contribution in [0.3, 0.4) is 0 Å². The average molecular weight is 367 g/mol. The Morgan fingerprint density at radius 1 is 1.00 bits per heavy atom. The summed E-state index contributed by atoms with van der Waals surface area (Å²) in [6.07, 6.45) is 1.53. The van der Waals surface area contributed by atoms with Crippen molar-refractivity contribution < 1.29 is 4.79 Å². The third-order valence-corrected chi connectivity index (χ3v) is 4.25. The molecule has 0 saturated carbocycles. The molecule has 23 heavy (non-hydrogen) atoms. The molecule has 2 aromatic carbocycles. The largest absolute Gasteiger partial charge is 0.322 e. The molecule has 116 valence electrons. The van der Waals surface area contributed by atoms with Crippen molar-refractivity contribution in [2.75, 3.05) is 5.32 Å². The summed E-state index contributed by atoms with van der Waals surface area (Å²) >= 11 is 17.9. The van der Waals surface area contributed by atoms with Crippen LogP contribution in [0.25, 0.3) is 5.69 Å². The lowest BCUT2D eigenvalue weighted by Crippen LogP contribution is -2.12. The second kappa shape index (κ2) is 6.62. The number of benzene rings is 2. The monoisotopic (exact) mass is 365 g/mol. The standard InChI is InChI=1S/C16H10Cl3N3O/c17-13-4-2-1-3-12(13)16(23)21-10-5-7-11(8-6-10)22-9-20-14(18)15(22)19/h1-9H,(H,21,23). The van der Waals surface area contributed by atoms with Crippen LogP contribution >= 0.6 is 34.8 Å². The van der Waals surface area contributed by atoms with E-state index in [0.29, 0.717) is 21.4 Å². The molecule has 0 saturated heterocycles. The number of hydrogen-bond donors (Lipinski definition) is 1. The summed E-state index contributed by atoms with van der Waals surface area (Å²) in [4.78, 5) is 16.1. The molecule has 0 spiro atoms. The van der Waals surface area contributed by atoms with E-state index in [9.17, 15) is 4.79 Å². The molecule has 0 aliphatic heterocycles. The Labute approximate surface area is 147 Å². The zero-order chi connectivity index (χ0) is 16.4. The van der Waals surface area contributed by atoms with Gasteiger partial charge in [-0.05, 0) is 36.4 Å². The molecule has 0 bridgehead atoms. The van der Waals surface area contributed by atoms with Gasteiger partial charge in [0.1, 0.15) is 6.33 Å². The summed E-state index contributed by atoms with van der Waals surface area (Å²) < 4.78 is 1.64. The van der Waals surface area contributed by atoms with Crippen LogP contribution in [-0.2, 0) is 0 Å². The summed E-state index contributed by atoms with van der Waals surface area (Å²) in [7, 11) is 0. The molecular weight excluding hydrogens is 357 g/mol. The Hall–Kier alpha value is -2.01.